The third-order valence-corrected chi connectivity index (χ3v) is 3.15. The van der Waals surface area contributed by atoms with Gasteiger partial charge in [0.05, 0.1) is 6.20 Å². The van der Waals surface area contributed by atoms with Gasteiger partial charge in [0.15, 0.2) is 0 Å². The number of aromatic nitrogens is 2. The Morgan fingerprint density at radius 1 is 1.35 bits per heavy atom. The van der Waals surface area contributed by atoms with Gasteiger partial charge in [0.25, 0.3) is 5.91 Å². The Morgan fingerprint density at radius 2 is 2.00 bits per heavy atom. The van der Waals surface area contributed by atoms with Crippen LogP contribution >= 0.6 is 0 Å². The molecular weight excluding hydrogens is 254 g/mol. The van der Waals surface area contributed by atoms with Crippen molar-refractivity contribution < 1.29 is 4.79 Å². The maximum absolute atomic E-state index is 12.0. The summed E-state index contributed by atoms with van der Waals surface area (Å²) in [4.78, 5) is 14.0. The van der Waals surface area contributed by atoms with Crippen molar-refractivity contribution in [3.8, 4) is 0 Å². The van der Waals surface area contributed by atoms with Crippen molar-refractivity contribution in [2.45, 2.75) is 6.54 Å². The Hall–Kier alpha value is -2.50. The number of aryl methyl sites for hydroxylation is 1. The fourth-order valence-electron chi connectivity index (χ4n) is 1.82. The van der Waals surface area contributed by atoms with Gasteiger partial charge >= 0.3 is 0 Å². The summed E-state index contributed by atoms with van der Waals surface area (Å²) in [5, 5.41) is 6.86. The molecule has 0 fully saturated rings. The largest absolute Gasteiger partial charge is 0.384 e. The van der Waals surface area contributed by atoms with E-state index in [1.807, 2.05) is 31.1 Å². The van der Waals surface area contributed by atoms with Crippen molar-refractivity contribution >= 4 is 17.4 Å². The normalized spacial score (nSPS) is 10.3. The number of nitrogens with one attached hydrogen (secondary N) is 1. The Balaban J connectivity index is 2.00. The van der Waals surface area contributed by atoms with Gasteiger partial charge in [0.2, 0.25) is 0 Å². The highest BCUT2D eigenvalue weighted by atomic mass is 16.1. The second kappa shape index (κ2) is 5.64. The minimum atomic E-state index is -0.126. The van der Waals surface area contributed by atoms with Gasteiger partial charge in [0.1, 0.15) is 5.82 Å². The molecule has 6 nitrogen and oxygen atoms in total. The topological polar surface area (TPSA) is 76.2 Å². The van der Waals surface area contributed by atoms with Gasteiger partial charge in [0, 0.05) is 44.5 Å². The molecule has 0 bridgehead atoms. The van der Waals surface area contributed by atoms with Crippen LogP contribution in [0.1, 0.15) is 15.9 Å². The van der Waals surface area contributed by atoms with Crippen LogP contribution in [0.15, 0.2) is 30.5 Å². The molecule has 20 heavy (non-hydrogen) atoms. The first-order valence-electron chi connectivity index (χ1n) is 6.31. The van der Waals surface area contributed by atoms with Crippen molar-refractivity contribution in [2.75, 3.05) is 24.7 Å². The summed E-state index contributed by atoms with van der Waals surface area (Å²) in [5.74, 6) is 0.437. The molecule has 1 aromatic heterocycles. The zero-order chi connectivity index (χ0) is 14.7. The SMILES string of the molecule is CN(C)c1ccc(C(=O)NCc2cnn(C)c2N)cc1. The zero-order valence-corrected chi connectivity index (χ0v) is 11.9. The maximum atomic E-state index is 12.0. The summed E-state index contributed by atoms with van der Waals surface area (Å²) in [6.45, 7) is 0.369. The minimum Gasteiger partial charge on any atom is -0.384 e. The van der Waals surface area contributed by atoms with E-state index >= 15 is 0 Å². The number of hydrogen-bond donors (Lipinski definition) is 2. The summed E-state index contributed by atoms with van der Waals surface area (Å²) >= 11 is 0. The highest BCUT2D eigenvalue weighted by Gasteiger charge is 2.09. The van der Waals surface area contributed by atoms with Gasteiger partial charge in [-0.25, -0.2) is 0 Å². The van der Waals surface area contributed by atoms with Crippen molar-refractivity contribution in [1.29, 1.82) is 0 Å². The molecule has 2 aromatic rings. The van der Waals surface area contributed by atoms with Crippen molar-refractivity contribution in [3.05, 3.63) is 41.6 Å². The number of benzene rings is 1. The Kier molecular flexibility index (Phi) is 3.93. The first kappa shape index (κ1) is 13.9. The first-order chi connectivity index (χ1) is 9.49. The Bertz CT molecular complexity index is 601. The molecule has 1 heterocycles. The second-order valence-electron chi connectivity index (χ2n) is 4.80. The molecule has 0 atom stereocenters. The number of nitrogen functional groups attached to an aromatic ring is 1. The Morgan fingerprint density at radius 3 is 2.50 bits per heavy atom. The number of carbonyl (C=O) groups is 1. The van der Waals surface area contributed by atoms with Crippen LogP contribution in [-0.4, -0.2) is 29.8 Å². The lowest BCUT2D eigenvalue weighted by Gasteiger charge is -2.12. The number of hydrogen-bond acceptors (Lipinski definition) is 4. The third-order valence-electron chi connectivity index (χ3n) is 3.15. The van der Waals surface area contributed by atoms with E-state index in [0.717, 1.165) is 11.3 Å². The van der Waals surface area contributed by atoms with Crippen LogP contribution < -0.4 is 16.0 Å². The maximum Gasteiger partial charge on any atom is 0.251 e. The van der Waals surface area contributed by atoms with Gasteiger partial charge in [-0.3, -0.25) is 9.48 Å². The molecular formula is C14H19N5O. The van der Waals surface area contributed by atoms with Gasteiger partial charge < -0.3 is 16.0 Å². The molecule has 0 spiro atoms. The molecule has 2 rings (SSSR count). The molecule has 3 N–H and O–H groups in total. The molecule has 0 saturated carbocycles. The van der Waals surface area contributed by atoms with Gasteiger partial charge in [-0.05, 0) is 24.3 Å². The van der Waals surface area contributed by atoms with Crippen molar-refractivity contribution in [3.63, 3.8) is 0 Å². The summed E-state index contributed by atoms with van der Waals surface area (Å²) in [6.07, 6.45) is 1.66. The van der Waals surface area contributed by atoms with Crippen LogP contribution in [0.4, 0.5) is 11.5 Å². The number of nitrogens with zero attached hydrogens (tertiary/aromatic N) is 3. The van der Waals surface area contributed by atoms with Crippen LogP contribution in [0.2, 0.25) is 0 Å². The molecule has 1 aromatic carbocycles. The standard InChI is InChI=1S/C14H19N5O/c1-18(2)12-6-4-10(5-7-12)14(20)16-8-11-9-17-19(3)13(11)15/h4-7,9H,8,15H2,1-3H3,(H,16,20). The van der Waals surface area contributed by atoms with Crippen LogP contribution in [0.5, 0.6) is 0 Å². The summed E-state index contributed by atoms with van der Waals surface area (Å²) in [7, 11) is 5.68. The lowest BCUT2D eigenvalue weighted by molar-refractivity contribution is 0.0951. The molecule has 1 amide bonds. The van der Waals surface area contributed by atoms with Gasteiger partial charge in [-0.1, -0.05) is 0 Å². The Labute approximate surface area is 118 Å². The van der Waals surface area contributed by atoms with E-state index in [-0.39, 0.29) is 5.91 Å². The van der Waals surface area contributed by atoms with E-state index in [0.29, 0.717) is 17.9 Å². The highest BCUT2D eigenvalue weighted by Crippen LogP contribution is 2.13. The van der Waals surface area contributed by atoms with E-state index in [9.17, 15) is 4.79 Å². The lowest BCUT2D eigenvalue weighted by atomic mass is 10.2. The molecule has 0 aliphatic heterocycles. The smallest absolute Gasteiger partial charge is 0.251 e. The van der Waals surface area contributed by atoms with Crippen LogP contribution in [0.25, 0.3) is 0 Å². The number of amides is 1. The molecule has 0 saturated heterocycles. The van der Waals surface area contributed by atoms with Crippen LogP contribution in [0, 0.1) is 0 Å². The van der Waals surface area contributed by atoms with E-state index in [4.69, 9.17) is 5.73 Å². The van der Waals surface area contributed by atoms with Crippen molar-refractivity contribution in [1.82, 2.24) is 15.1 Å². The number of anilines is 2. The molecule has 6 heteroatoms. The van der Waals surface area contributed by atoms with Crippen molar-refractivity contribution in [2.24, 2.45) is 7.05 Å². The second-order valence-corrected chi connectivity index (χ2v) is 4.80. The number of carbonyl (C=O) groups excluding carboxylic acids is 1. The fourth-order valence-corrected chi connectivity index (χ4v) is 1.82. The quantitative estimate of drug-likeness (QED) is 0.871. The third kappa shape index (κ3) is 2.90. The van der Waals surface area contributed by atoms with E-state index < -0.39 is 0 Å². The molecule has 0 aliphatic rings. The van der Waals surface area contributed by atoms with Crippen LogP contribution in [0.3, 0.4) is 0 Å². The average Bonchev–Trinajstić information content (AvgIpc) is 2.76. The molecule has 0 aliphatic carbocycles. The minimum absolute atomic E-state index is 0.126. The summed E-state index contributed by atoms with van der Waals surface area (Å²) in [6, 6.07) is 7.43. The monoisotopic (exact) mass is 273 g/mol. The number of nitrogens with two attached hydrogens (primary N) is 1. The van der Waals surface area contributed by atoms with E-state index in [1.54, 1.807) is 30.1 Å². The predicted molar refractivity (Wildman–Crippen MR) is 79.6 cm³/mol. The zero-order valence-electron chi connectivity index (χ0n) is 11.9. The van der Waals surface area contributed by atoms with Gasteiger partial charge in [-0.2, -0.15) is 5.10 Å². The first-order valence-corrected chi connectivity index (χ1v) is 6.31. The van der Waals surface area contributed by atoms with Crippen LogP contribution in [-0.2, 0) is 13.6 Å². The fraction of sp³-hybridized carbons (Fsp3) is 0.286. The summed E-state index contributed by atoms with van der Waals surface area (Å²) < 4.78 is 1.58. The predicted octanol–water partition coefficient (Wildman–Crippen LogP) is 0.998. The summed E-state index contributed by atoms with van der Waals surface area (Å²) in [5.41, 5.74) is 8.31. The number of rotatable bonds is 4. The van der Waals surface area contributed by atoms with E-state index in [1.165, 1.54) is 0 Å². The lowest BCUT2D eigenvalue weighted by Crippen LogP contribution is -2.23. The average molecular weight is 273 g/mol. The highest BCUT2D eigenvalue weighted by molar-refractivity contribution is 5.94. The molecule has 0 unspecified atom stereocenters. The molecule has 0 radical (unpaired) electrons. The molecule has 106 valence electrons. The van der Waals surface area contributed by atoms with Gasteiger partial charge in [-0.15, -0.1) is 0 Å². The van der Waals surface area contributed by atoms with E-state index in [2.05, 4.69) is 10.4 Å².